The maximum absolute atomic E-state index is 11.7. The Balaban J connectivity index is 0.000000323. The number of aromatic nitrogens is 2. The van der Waals surface area contributed by atoms with Gasteiger partial charge in [-0.05, 0) is 32.8 Å². The quantitative estimate of drug-likeness (QED) is 0.554. The molecule has 1 N–H and O–H groups in total. The summed E-state index contributed by atoms with van der Waals surface area (Å²) in [6.45, 7) is 9.67. The Hall–Kier alpha value is -3.56. The summed E-state index contributed by atoms with van der Waals surface area (Å²) < 4.78 is 16.1. The summed E-state index contributed by atoms with van der Waals surface area (Å²) in [7, 11) is 2.65. The molecule has 1 aromatic rings. The lowest BCUT2D eigenvalue weighted by molar-refractivity contribution is -0.135. The molecule has 0 atom stereocenters. The predicted molar refractivity (Wildman–Crippen MR) is 119 cm³/mol. The average Bonchev–Trinajstić information content (AvgIpc) is 3.25. The van der Waals surface area contributed by atoms with Crippen molar-refractivity contribution in [3.05, 3.63) is 48.3 Å². The lowest BCUT2D eigenvalue weighted by atomic mass is 10.1. The lowest BCUT2D eigenvalue weighted by Crippen LogP contribution is -2.34. The first kappa shape index (κ1) is 26.5. The first-order valence-electron chi connectivity index (χ1n) is 9.97. The van der Waals surface area contributed by atoms with Gasteiger partial charge in [-0.25, -0.2) is 19.4 Å². The van der Waals surface area contributed by atoms with Crippen molar-refractivity contribution >= 4 is 24.4 Å². The Morgan fingerprint density at radius 2 is 1.88 bits per heavy atom. The number of methoxy groups -OCH3 is 2. The van der Waals surface area contributed by atoms with Crippen molar-refractivity contribution in [1.82, 2.24) is 19.8 Å². The van der Waals surface area contributed by atoms with Crippen molar-refractivity contribution in [2.75, 3.05) is 20.8 Å². The normalized spacial score (nSPS) is 13.6. The fourth-order valence-corrected chi connectivity index (χ4v) is 2.22. The van der Waals surface area contributed by atoms with Crippen LogP contribution in [0.4, 0.5) is 9.59 Å². The minimum atomic E-state index is -0.530. The number of ether oxygens (including phenoxy) is 3. The molecule has 0 unspecified atom stereocenters. The first-order chi connectivity index (χ1) is 15.0. The molecule has 0 aromatic carbocycles. The molecular weight excluding hydrogens is 416 g/mol. The largest absolute Gasteiger partial charge is 0.465 e. The molecule has 2 heterocycles. The van der Waals surface area contributed by atoms with Crippen molar-refractivity contribution in [2.45, 2.75) is 40.2 Å². The van der Waals surface area contributed by atoms with E-state index in [-0.39, 0.29) is 5.92 Å². The average molecular weight is 449 g/mol. The van der Waals surface area contributed by atoms with Crippen LogP contribution >= 0.6 is 0 Å². The number of carbonyl (C=O) groups is 3. The zero-order chi connectivity index (χ0) is 24.3. The van der Waals surface area contributed by atoms with E-state index in [0.717, 1.165) is 5.70 Å². The molecule has 32 heavy (non-hydrogen) atoms. The molecular formula is C22H32N4O6. The molecule has 0 fully saturated rings. The number of imidazole rings is 1. The topological polar surface area (TPSA) is 112 Å². The van der Waals surface area contributed by atoms with E-state index in [2.05, 4.69) is 19.8 Å². The smallest absolute Gasteiger partial charge is 0.414 e. The van der Waals surface area contributed by atoms with E-state index in [1.54, 1.807) is 56.3 Å². The number of carbonyl (C=O) groups excluding carboxylic acids is 3. The van der Waals surface area contributed by atoms with Gasteiger partial charge in [-0.1, -0.05) is 19.9 Å². The van der Waals surface area contributed by atoms with Gasteiger partial charge < -0.3 is 18.8 Å². The highest BCUT2D eigenvalue weighted by molar-refractivity contribution is 5.92. The second kappa shape index (κ2) is 12.3. The van der Waals surface area contributed by atoms with E-state index in [0.29, 0.717) is 12.1 Å². The number of nitrogens with zero attached hydrogens (tertiary/aromatic N) is 3. The third-order valence-corrected chi connectivity index (χ3v) is 3.86. The Morgan fingerprint density at radius 3 is 2.31 bits per heavy atom. The monoisotopic (exact) mass is 448 g/mol. The Labute approximate surface area is 188 Å². The Kier molecular flexibility index (Phi) is 10.2. The van der Waals surface area contributed by atoms with Crippen LogP contribution < -0.4 is 5.32 Å². The lowest BCUT2D eigenvalue weighted by Gasteiger charge is -2.25. The fourth-order valence-electron chi connectivity index (χ4n) is 2.22. The molecule has 0 radical (unpaired) electrons. The molecule has 176 valence electrons. The summed E-state index contributed by atoms with van der Waals surface area (Å²) >= 11 is 0. The molecule has 2 rings (SSSR count). The summed E-state index contributed by atoms with van der Waals surface area (Å²) in [5.41, 5.74) is 0.684. The van der Waals surface area contributed by atoms with E-state index in [1.165, 1.54) is 31.4 Å². The highest BCUT2D eigenvalue weighted by Crippen LogP contribution is 2.14. The van der Waals surface area contributed by atoms with Crippen molar-refractivity contribution < 1.29 is 28.6 Å². The maximum Gasteiger partial charge on any atom is 0.414 e. The van der Waals surface area contributed by atoms with Gasteiger partial charge in [0, 0.05) is 37.0 Å². The zero-order valence-corrected chi connectivity index (χ0v) is 19.6. The number of allylic oxidation sites excluding steroid dienone is 1. The van der Waals surface area contributed by atoms with E-state index in [9.17, 15) is 14.4 Å². The SMILES string of the molecule is COC(=O)C1=CCN(C(=O)OC(C)(C)C)C=C1.COC(=O)NC(=Cn1ccnc1)C(C)C. The van der Waals surface area contributed by atoms with Gasteiger partial charge in [0.1, 0.15) is 5.60 Å². The number of amides is 2. The summed E-state index contributed by atoms with van der Waals surface area (Å²) in [6, 6.07) is 0. The minimum absolute atomic E-state index is 0.200. The van der Waals surface area contributed by atoms with Gasteiger partial charge in [0.05, 0.1) is 26.1 Å². The molecule has 1 aliphatic heterocycles. The minimum Gasteiger partial charge on any atom is -0.465 e. The van der Waals surface area contributed by atoms with Crippen molar-refractivity contribution in [1.29, 1.82) is 0 Å². The van der Waals surface area contributed by atoms with Crippen LogP contribution in [-0.4, -0.2) is 59.0 Å². The molecule has 10 nitrogen and oxygen atoms in total. The molecule has 0 bridgehead atoms. The third kappa shape index (κ3) is 9.50. The summed E-state index contributed by atoms with van der Waals surface area (Å²) in [5.74, 6) is -0.211. The second-order valence-electron chi connectivity index (χ2n) is 7.97. The van der Waals surface area contributed by atoms with Gasteiger partial charge in [0.15, 0.2) is 0 Å². The van der Waals surface area contributed by atoms with Crippen LogP contribution in [0, 0.1) is 5.92 Å². The van der Waals surface area contributed by atoms with Gasteiger partial charge in [-0.2, -0.15) is 0 Å². The van der Waals surface area contributed by atoms with Gasteiger partial charge in [-0.15, -0.1) is 0 Å². The summed E-state index contributed by atoms with van der Waals surface area (Å²) in [6.07, 6.45) is 10.7. The van der Waals surface area contributed by atoms with E-state index in [1.807, 2.05) is 13.8 Å². The van der Waals surface area contributed by atoms with Crippen molar-refractivity contribution in [3.8, 4) is 0 Å². The van der Waals surface area contributed by atoms with E-state index < -0.39 is 23.8 Å². The van der Waals surface area contributed by atoms with Crippen LogP contribution in [0.2, 0.25) is 0 Å². The van der Waals surface area contributed by atoms with Crippen LogP contribution in [0.25, 0.3) is 6.20 Å². The molecule has 0 aliphatic carbocycles. The molecule has 0 spiro atoms. The van der Waals surface area contributed by atoms with E-state index in [4.69, 9.17) is 4.74 Å². The highest BCUT2D eigenvalue weighted by Gasteiger charge is 2.22. The Bertz CT molecular complexity index is 863. The van der Waals surface area contributed by atoms with Gasteiger partial charge in [0.25, 0.3) is 0 Å². The first-order valence-corrected chi connectivity index (χ1v) is 9.97. The van der Waals surface area contributed by atoms with Crippen molar-refractivity contribution in [3.63, 3.8) is 0 Å². The van der Waals surface area contributed by atoms with Crippen molar-refractivity contribution in [2.24, 2.45) is 5.92 Å². The van der Waals surface area contributed by atoms with Crippen LogP contribution in [0.3, 0.4) is 0 Å². The number of rotatable bonds is 4. The molecule has 1 aliphatic rings. The highest BCUT2D eigenvalue weighted by atomic mass is 16.6. The molecule has 1 aromatic heterocycles. The van der Waals surface area contributed by atoms with Gasteiger partial charge in [-0.3, -0.25) is 10.2 Å². The fraction of sp³-hybridized carbons (Fsp3) is 0.455. The number of nitrogens with one attached hydrogen (secondary N) is 1. The van der Waals surface area contributed by atoms with Crippen LogP contribution in [0.5, 0.6) is 0 Å². The summed E-state index contributed by atoms with van der Waals surface area (Å²) in [5, 5.41) is 2.66. The van der Waals surface area contributed by atoms with Crippen LogP contribution in [0.1, 0.15) is 34.6 Å². The molecule has 10 heteroatoms. The molecule has 0 saturated carbocycles. The standard InChI is InChI=1S/C12H17NO4.C10H15N3O2/c1-12(2,3)17-11(15)13-7-5-9(6-8-13)10(14)16-4;1-8(2)9(12-10(14)15-3)6-13-5-4-11-7-13/h5-7H,8H2,1-4H3;4-8H,1-3H3,(H,12,14). The number of alkyl carbamates (subject to hydrolysis) is 1. The number of hydrogen-bond donors (Lipinski definition) is 1. The zero-order valence-electron chi connectivity index (χ0n) is 19.6. The van der Waals surface area contributed by atoms with Gasteiger partial charge >= 0.3 is 18.2 Å². The molecule has 0 saturated heterocycles. The summed E-state index contributed by atoms with van der Waals surface area (Å²) in [4.78, 5) is 39.2. The Morgan fingerprint density at radius 1 is 1.19 bits per heavy atom. The maximum atomic E-state index is 11.7. The third-order valence-electron chi connectivity index (χ3n) is 3.86. The number of esters is 1. The number of hydrogen-bond acceptors (Lipinski definition) is 7. The van der Waals surface area contributed by atoms with Gasteiger partial charge in [0.2, 0.25) is 0 Å². The predicted octanol–water partition coefficient (Wildman–Crippen LogP) is 3.54. The van der Waals surface area contributed by atoms with Crippen LogP contribution in [0.15, 0.2) is 48.3 Å². The van der Waals surface area contributed by atoms with Crippen LogP contribution in [-0.2, 0) is 19.0 Å². The second-order valence-corrected chi connectivity index (χ2v) is 7.97. The molecule has 2 amide bonds. The van der Waals surface area contributed by atoms with E-state index >= 15 is 0 Å².